The average molecular weight is 399 g/mol. The Morgan fingerprint density at radius 2 is 1.86 bits per heavy atom. The number of oxime groups is 1. The van der Waals surface area contributed by atoms with Crippen LogP contribution >= 0.6 is 0 Å². The smallest absolute Gasteiger partial charge is 0.231 e. The number of allylic oxidation sites excluding steroid dienone is 2. The maximum atomic E-state index is 11.6. The van der Waals surface area contributed by atoms with E-state index in [4.69, 9.17) is 14.3 Å². The predicted molar refractivity (Wildman–Crippen MR) is 106 cm³/mol. The lowest BCUT2D eigenvalue weighted by atomic mass is 10.0. The van der Waals surface area contributed by atoms with E-state index in [1.165, 1.54) is 11.8 Å². The Morgan fingerprint density at radius 1 is 1.07 bits per heavy atom. The zero-order valence-corrected chi connectivity index (χ0v) is 16.4. The van der Waals surface area contributed by atoms with E-state index in [9.17, 15) is 8.42 Å². The summed E-state index contributed by atoms with van der Waals surface area (Å²) in [5, 5.41) is 4.12. The molecule has 1 aliphatic heterocycles. The van der Waals surface area contributed by atoms with E-state index >= 15 is 0 Å². The minimum Gasteiger partial charge on any atom is -0.454 e. The van der Waals surface area contributed by atoms with E-state index < -0.39 is 9.84 Å². The fraction of sp³-hybridized carbons (Fsp3) is 0.286. The van der Waals surface area contributed by atoms with Crippen LogP contribution < -0.4 is 9.47 Å². The molecule has 7 heteroatoms. The summed E-state index contributed by atoms with van der Waals surface area (Å²) in [4.78, 5) is 5.78. The summed E-state index contributed by atoms with van der Waals surface area (Å²) >= 11 is 0. The SMILES string of the molecule is CS(=O)(=O)c1ccc(C2=C(C=NOCc3ccc4c(c3)OCO4)CCC2)cc1. The second-order valence-corrected chi connectivity index (χ2v) is 8.87. The lowest BCUT2D eigenvalue weighted by Crippen LogP contribution is -1.97. The molecule has 1 aliphatic carbocycles. The summed E-state index contributed by atoms with van der Waals surface area (Å²) in [5.41, 5.74) is 4.30. The summed E-state index contributed by atoms with van der Waals surface area (Å²) in [6, 6.07) is 12.7. The molecule has 28 heavy (non-hydrogen) atoms. The topological polar surface area (TPSA) is 74.2 Å². The first kappa shape index (κ1) is 18.6. The van der Waals surface area contributed by atoms with E-state index in [1.807, 2.05) is 30.3 Å². The molecule has 2 aromatic rings. The van der Waals surface area contributed by atoms with Crippen LogP contribution in [0.15, 0.2) is 58.1 Å². The third kappa shape index (κ3) is 4.04. The monoisotopic (exact) mass is 399 g/mol. The molecule has 0 spiro atoms. The lowest BCUT2D eigenvalue weighted by molar-refractivity contribution is 0.132. The van der Waals surface area contributed by atoms with Gasteiger partial charge in [-0.05, 0) is 65.8 Å². The van der Waals surface area contributed by atoms with Crippen molar-refractivity contribution in [2.24, 2.45) is 5.16 Å². The maximum Gasteiger partial charge on any atom is 0.231 e. The Hall–Kier alpha value is -2.80. The molecular weight excluding hydrogens is 378 g/mol. The molecule has 146 valence electrons. The summed E-state index contributed by atoms with van der Waals surface area (Å²) in [5.74, 6) is 1.47. The molecular formula is C21H21NO5S. The van der Waals surface area contributed by atoms with Crippen molar-refractivity contribution < 1.29 is 22.7 Å². The van der Waals surface area contributed by atoms with Crippen LogP contribution in [0.2, 0.25) is 0 Å². The normalized spacial score (nSPS) is 16.2. The third-order valence-corrected chi connectivity index (χ3v) is 5.97. The molecule has 0 fully saturated rings. The molecule has 0 atom stereocenters. The molecule has 0 saturated heterocycles. The average Bonchev–Trinajstić information content (AvgIpc) is 3.33. The first-order valence-corrected chi connectivity index (χ1v) is 11.0. The third-order valence-electron chi connectivity index (χ3n) is 4.84. The lowest BCUT2D eigenvalue weighted by Gasteiger charge is -2.06. The van der Waals surface area contributed by atoms with Crippen LogP contribution in [-0.4, -0.2) is 27.7 Å². The van der Waals surface area contributed by atoms with Crippen LogP contribution in [0.1, 0.15) is 30.4 Å². The van der Waals surface area contributed by atoms with E-state index in [-0.39, 0.29) is 6.79 Å². The zero-order valence-electron chi connectivity index (χ0n) is 15.6. The van der Waals surface area contributed by atoms with Gasteiger partial charge in [0.15, 0.2) is 21.3 Å². The van der Waals surface area contributed by atoms with Crippen molar-refractivity contribution in [3.05, 3.63) is 59.2 Å². The number of benzene rings is 2. The Morgan fingerprint density at radius 3 is 2.64 bits per heavy atom. The van der Waals surface area contributed by atoms with Gasteiger partial charge in [-0.1, -0.05) is 23.4 Å². The summed E-state index contributed by atoms with van der Waals surface area (Å²) in [6.45, 7) is 0.596. The van der Waals surface area contributed by atoms with Gasteiger partial charge in [-0.2, -0.15) is 0 Å². The number of ether oxygens (including phenoxy) is 2. The van der Waals surface area contributed by atoms with Crippen molar-refractivity contribution in [2.45, 2.75) is 30.8 Å². The highest BCUT2D eigenvalue weighted by atomic mass is 32.2. The van der Waals surface area contributed by atoms with Gasteiger partial charge < -0.3 is 14.3 Å². The van der Waals surface area contributed by atoms with Crippen LogP contribution in [0, 0.1) is 0 Å². The van der Waals surface area contributed by atoms with Gasteiger partial charge in [0.2, 0.25) is 6.79 Å². The number of nitrogens with zero attached hydrogens (tertiary/aromatic N) is 1. The van der Waals surface area contributed by atoms with Gasteiger partial charge in [-0.3, -0.25) is 0 Å². The van der Waals surface area contributed by atoms with Gasteiger partial charge in [0.05, 0.1) is 11.1 Å². The van der Waals surface area contributed by atoms with Gasteiger partial charge in [-0.15, -0.1) is 0 Å². The highest BCUT2D eigenvalue weighted by Gasteiger charge is 2.16. The fourth-order valence-electron chi connectivity index (χ4n) is 3.39. The molecule has 0 unspecified atom stereocenters. The molecule has 0 N–H and O–H groups in total. The van der Waals surface area contributed by atoms with Crippen molar-refractivity contribution in [3.63, 3.8) is 0 Å². The Balaban J connectivity index is 1.42. The quantitative estimate of drug-likeness (QED) is 0.543. The number of sulfone groups is 1. The van der Waals surface area contributed by atoms with Crippen molar-refractivity contribution in [1.29, 1.82) is 0 Å². The molecule has 0 bridgehead atoms. The Labute approximate surface area is 164 Å². The van der Waals surface area contributed by atoms with E-state index in [0.717, 1.165) is 47.5 Å². The second kappa shape index (κ2) is 7.67. The van der Waals surface area contributed by atoms with Gasteiger partial charge >= 0.3 is 0 Å². The molecule has 6 nitrogen and oxygen atoms in total. The fourth-order valence-corrected chi connectivity index (χ4v) is 4.02. The Kier molecular flexibility index (Phi) is 5.09. The standard InChI is InChI=1S/C21H21NO5S/c1-28(23,24)18-8-6-16(7-9-18)19-4-2-3-17(19)12-22-27-13-15-5-10-20-21(11-15)26-14-25-20/h5-12H,2-4,13-14H2,1H3. The summed E-state index contributed by atoms with van der Waals surface area (Å²) in [6.07, 6.45) is 5.90. The van der Waals surface area contributed by atoms with E-state index in [2.05, 4.69) is 5.16 Å². The highest BCUT2D eigenvalue weighted by Crippen LogP contribution is 2.34. The molecule has 4 rings (SSSR count). The molecule has 1 heterocycles. The number of hydrogen-bond donors (Lipinski definition) is 0. The second-order valence-electron chi connectivity index (χ2n) is 6.85. The van der Waals surface area contributed by atoms with Crippen LogP contribution in [0.25, 0.3) is 5.57 Å². The predicted octanol–water partition coefficient (Wildman–Crippen LogP) is 3.96. The van der Waals surface area contributed by atoms with Crippen LogP contribution in [0.3, 0.4) is 0 Å². The zero-order chi connectivity index (χ0) is 19.6. The maximum absolute atomic E-state index is 11.6. The van der Waals surface area contributed by atoms with Gasteiger partial charge in [-0.25, -0.2) is 8.42 Å². The number of hydrogen-bond acceptors (Lipinski definition) is 6. The molecule has 0 aromatic heterocycles. The van der Waals surface area contributed by atoms with Crippen LogP contribution in [0.4, 0.5) is 0 Å². The van der Waals surface area contributed by atoms with E-state index in [0.29, 0.717) is 11.5 Å². The first-order chi connectivity index (χ1) is 13.5. The van der Waals surface area contributed by atoms with Gasteiger partial charge in [0, 0.05) is 6.26 Å². The summed E-state index contributed by atoms with van der Waals surface area (Å²) < 4.78 is 33.9. The molecule has 0 amide bonds. The Bertz CT molecular complexity index is 1040. The first-order valence-electron chi connectivity index (χ1n) is 9.07. The summed E-state index contributed by atoms with van der Waals surface area (Å²) in [7, 11) is -3.18. The van der Waals surface area contributed by atoms with Crippen LogP contribution in [0.5, 0.6) is 11.5 Å². The van der Waals surface area contributed by atoms with Crippen molar-refractivity contribution in [3.8, 4) is 11.5 Å². The molecule has 0 saturated carbocycles. The number of rotatable bonds is 6. The molecule has 2 aliphatic rings. The van der Waals surface area contributed by atoms with Gasteiger partial charge in [0.25, 0.3) is 0 Å². The number of fused-ring (bicyclic) bond motifs is 1. The minimum absolute atomic E-state index is 0.250. The van der Waals surface area contributed by atoms with Crippen molar-refractivity contribution in [1.82, 2.24) is 0 Å². The molecule has 2 aromatic carbocycles. The van der Waals surface area contributed by atoms with E-state index in [1.54, 1.807) is 18.3 Å². The largest absolute Gasteiger partial charge is 0.454 e. The highest BCUT2D eigenvalue weighted by molar-refractivity contribution is 7.90. The van der Waals surface area contributed by atoms with Gasteiger partial charge in [0.1, 0.15) is 6.61 Å². The van der Waals surface area contributed by atoms with Crippen molar-refractivity contribution in [2.75, 3.05) is 13.0 Å². The van der Waals surface area contributed by atoms with Crippen LogP contribution in [-0.2, 0) is 21.3 Å². The van der Waals surface area contributed by atoms with Crippen molar-refractivity contribution >= 4 is 21.6 Å². The minimum atomic E-state index is -3.18. The molecule has 0 radical (unpaired) electrons.